The van der Waals surface area contributed by atoms with Crippen LogP contribution in [0.5, 0.6) is 0 Å². The van der Waals surface area contributed by atoms with E-state index in [1.807, 2.05) is 7.05 Å². The molecule has 0 saturated carbocycles. The molecule has 0 radical (unpaired) electrons. The van der Waals surface area contributed by atoms with Crippen LogP contribution in [-0.4, -0.2) is 62.2 Å². The molecule has 6 nitrogen and oxygen atoms in total. The zero-order valence-electron chi connectivity index (χ0n) is 15.4. The van der Waals surface area contributed by atoms with Crippen molar-refractivity contribution in [1.82, 2.24) is 15.5 Å². The van der Waals surface area contributed by atoms with Crippen LogP contribution in [0, 0.1) is 11.8 Å². The highest BCUT2D eigenvalue weighted by Crippen LogP contribution is 2.47. The molecule has 148 valence electrons. The largest absolute Gasteiger partial charge is 0.374 e. The molecule has 2 N–H and O–H groups in total. The summed E-state index contributed by atoms with van der Waals surface area (Å²) in [6, 6.07) is 6.89. The van der Waals surface area contributed by atoms with E-state index in [9.17, 15) is 4.79 Å². The van der Waals surface area contributed by atoms with Crippen LogP contribution >= 0.6 is 35.6 Å². The zero-order chi connectivity index (χ0) is 18.1. The molecule has 3 saturated heterocycles. The summed E-state index contributed by atoms with van der Waals surface area (Å²) >= 11 is 5.85. The molecular weight excluding hydrogens is 479 g/mol. The number of halogens is 2. The maximum Gasteiger partial charge on any atom is 0.251 e. The third kappa shape index (κ3) is 4.35. The Morgan fingerprint density at radius 1 is 1.15 bits per heavy atom. The fourth-order valence-corrected chi connectivity index (χ4v) is 4.64. The van der Waals surface area contributed by atoms with Gasteiger partial charge in [0.25, 0.3) is 5.91 Å². The summed E-state index contributed by atoms with van der Waals surface area (Å²) in [5, 5.41) is 6.91. The fourth-order valence-electron chi connectivity index (χ4n) is 4.52. The Morgan fingerprint density at radius 2 is 1.74 bits per heavy atom. The molecule has 3 aliphatic rings. The average Bonchev–Trinajstić information content (AvgIpc) is 3.35. The van der Waals surface area contributed by atoms with Gasteiger partial charge in [0.2, 0.25) is 0 Å². The van der Waals surface area contributed by atoms with Gasteiger partial charge in [0.05, 0.1) is 12.2 Å². The second-order valence-electron chi connectivity index (χ2n) is 7.26. The molecule has 2 bridgehead atoms. The topological polar surface area (TPSA) is 66.0 Å². The highest BCUT2D eigenvalue weighted by molar-refractivity contribution is 14.0. The number of hydrogen-bond donors (Lipinski definition) is 2. The van der Waals surface area contributed by atoms with Crippen LogP contribution in [0.3, 0.4) is 0 Å². The van der Waals surface area contributed by atoms with Crippen molar-refractivity contribution < 1.29 is 9.53 Å². The molecule has 4 rings (SSSR count). The second kappa shape index (κ2) is 8.96. The molecule has 3 aliphatic heterocycles. The quantitative estimate of drug-likeness (QED) is 0.286. The first-order chi connectivity index (χ1) is 12.7. The van der Waals surface area contributed by atoms with Crippen LogP contribution in [0.1, 0.15) is 23.2 Å². The predicted octanol–water partition coefficient (Wildman–Crippen LogP) is 2.37. The number of fused-ring (bicyclic) bond motifs is 5. The Bertz CT molecular complexity index is 681. The van der Waals surface area contributed by atoms with Crippen LogP contribution in [0.4, 0.5) is 0 Å². The molecule has 0 aliphatic carbocycles. The van der Waals surface area contributed by atoms with Crippen LogP contribution in [0.15, 0.2) is 29.3 Å². The molecular formula is C19H26ClIN4O2. The van der Waals surface area contributed by atoms with Crippen molar-refractivity contribution in [3.8, 4) is 0 Å². The first kappa shape index (κ1) is 20.7. The third-order valence-electron chi connectivity index (χ3n) is 5.76. The van der Waals surface area contributed by atoms with Gasteiger partial charge in [-0.3, -0.25) is 9.79 Å². The molecule has 3 heterocycles. The van der Waals surface area contributed by atoms with Gasteiger partial charge in [0, 0.05) is 55.6 Å². The number of amides is 1. The molecule has 4 unspecified atom stereocenters. The lowest BCUT2D eigenvalue weighted by Gasteiger charge is -2.23. The highest BCUT2D eigenvalue weighted by atomic mass is 127. The van der Waals surface area contributed by atoms with Crippen molar-refractivity contribution >= 4 is 47.4 Å². The molecule has 1 aromatic carbocycles. The highest BCUT2D eigenvalue weighted by Gasteiger charge is 2.53. The first-order valence-electron chi connectivity index (χ1n) is 9.30. The van der Waals surface area contributed by atoms with Gasteiger partial charge >= 0.3 is 0 Å². The molecule has 4 atom stereocenters. The monoisotopic (exact) mass is 504 g/mol. The van der Waals surface area contributed by atoms with E-state index in [2.05, 4.69) is 20.5 Å². The van der Waals surface area contributed by atoms with E-state index in [0.29, 0.717) is 47.7 Å². The number of rotatable bonds is 4. The van der Waals surface area contributed by atoms with Gasteiger partial charge in [0.1, 0.15) is 0 Å². The van der Waals surface area contributed by atoms with Gasteiger partial charge in [-0.15, -0.1) is 24.0 Å². The van der Waals surface area contributed by atoms with Gasteiger partial charge in [-0.25, -0.2) is 0 Å². The first-order valence-corrected chi connectivity index (χ1v) is 9.68. The Balaban J connectivity index is 0.00000210. The summed E-state index contributed by atoms with van der Waals surface area (Å²) in [5.41, 5.74) is 0.613. The van der Waals surface area contributed by atoms with Crippen molar-refractivity contribution in [2.45, 2.75) is 25.0 Å². The number of aliphatic imine (C=N–C) groups is 1. The van der Waals surface area contributed by atoms with Gasteiger partial charge in [0.15, 0.2) is 5.96 Å². The number of ether oxygens (including phenoxy) is 1. The van der Waals surface area contributed by atoms with Crippen molar-refractivity contribution in [3.05, 3.63) is 34.9 Å². The molecule has 0 aromatic heterocycles. The smallest absolute Gasteiger partial charge is 0.251 e. The van der Waals surface area contributed by atoms with Crippen molar-refractivity contribution in [2.75, 3.05) is 33.2 Å². The number of nitrogens with zero attached hydrogens (tertiary/aromatic N) is 2. The van der Waals surface area contributed by atoms with Crippen molar-refractivity contribution in [3.63, 3.8) is 0 Å². The third-order valence-corrected chi connectivity index (χ3v) is 6.02. The van der Waals surface area contributed by atoms with Crippen LogP contribution in [0.2, 0.25) is 5.02 Å². The van der Waals surface area contributed by atoms with Crippen molar-refractivity contribution in [1.29, 1.82) is 0 Å². The van der Waals surface area contributed by atoms with Gasteiger partial charge in [-0.05, 0) is 37.1 Å². The van der Waals surface area contributed by atoms with E-state index in [0.717, 1.165) is 19.0 Å². The Labute approximate surface area is 182 Å². The van der Waals surface area contributed by atoms with Crippen LogP contribution < -0.4 is 10.6 Å². The number of likely N-dealkylation sites (tertiary alicyclic amines) is 1. The van der Waals surface area contributed by atoms with Gasteiger partial charge < -0.3 is 20.3 Å². The molecule has 27 heavy (non-hydrogen) atoms. The van der Waals surface area contributed by atoms with Gasteiger partial charge in [-0.2, -0.15) is 0 Å². The van der Waals surface area contributed by atoms with E-state index in [1.165, 1.54) is 12.8 Å². The maximum absolute atomic E-state index is 12.1. The molecule has 0 spiro atoms. The molecule has 3 fully saturated rings. The SMILES string of the molecule is CN=C(NCCNC(=O)c1ccc(Cl)cc1)N1CC2C3CCC(O3)C2C1.I. The van der Waals surface area contributed by atoms with E-state index in [1.54, 1.807) is 24.3 Å². The van der Waals surface area contributed by atoms with Crippen LogP contribution in [0.25, 0.3) is 0 Å². The maximum atomic E-state index is 12.1. The molecule has 1 aromatic rings. The Kier molecular flexibility index (Phi) is 6.86. The van der Waals surface area contributed by atoms with E-state index in [4.69, 9.17) is 16.3 Å². The predicted molar refractivity (Wildman–Crippen MR) is 117 cm³/mol. The summed E-state index contributed by atoms with van der Waals surface area (Å²) in [6.45, 7) is 3.21. The summed E-state index contributed by atoms with van der Waals surface area (Å²) in [6.07, 6.45) is 3.32. The number of hydrogen-bond acceptors (Lipinski definition) is 3. The molecule has 8 heteroatoms. The number of guanidine groups is 1. The standard InChI is InChI=1S/C19H25ClN4O2.HI/c1-21-19(24-10-14-15(11-24)17-7-6-16(14)26-17)23-9-8-22-18(25)12-2-4-13(20)5-3-12;/h2-5,14-17H,6-11H2,1H3,(H,21,23)(H,22,25);1H. The number of carbonyl (C=O) groups is 1. The number of nitrogens with one attached hydrogen (secondary N) is 2. The van der Waals surface area contributed by atoms with Gasteiger partial charge in [-0.1, -0.05) is 11.6 Å². The lowest BCUT2D eigenvalue weighted by Crippen LogP contribution is -2.44. The van der Waals surface area contributed by atoms with Crippen molar-refractivity contribution in [2.24, 2.45) is 16.8 Å². The minimum Gasteiger partial charge on any atom is -0.374 e. The minimum atomic E-state index is -0.0946. The fraction of sp³-hybridized carbons (Fsp3) is 0.579. The van der Waals surface area contributed by atoms with Crippen LogP contribution in [-0.2, 0) is 4.74 Å². The second-order valence-corrected chi connectivity index (χ2v) is 7.70. The summed E-state index contributed by atoms with van der Waals surface area (Å²) < 4.78 is 6.03. The number of benzene rings is 1. The number of carbonyl (C=O) groups excluding carboxylic acids is 1. The van der Waals surface area contributed by atoms with E-state index >= 15 is 0 Å². The Morgan fingerprint density at radius 3 is 2.33 bits per heavy atom. The molecule has 1 amide bonds. The average molecular weight is 505 g/mol. The normalized spacial score (nSPS) is 28.7. The lowest BCUT2D eigenvalue weighted by molar-refractivity contribution is 0.0767. The summed E-state index contributed by atoms with van der Waals surface area (Å²) in [4.78, 5) is 18.9. The van der Waals surface area contributed by atoms with E-state index in [-0.39, 0.29) is 29.9 Å². The summed E-state index contributed by atoms with van der Waals surface area (Å²) in [7, 11) is 1.81. The lowest BCUT2D eigenvalue weighted by atomic mass is 9.82. The minimum absolute atomic E-state index is 0. The zero-order valence-corrected chi connectivity index (χ0v) is 18.4. The van der Waals surface area contributed by atoms with E-state index < -0.39 is 0 Å². The summed E-state index contributed by atoms with van der Waals surface area (Å²) in [5.74, 6) is 2.12. The Hall–Kier alpha value is -1.06.